The third-order valence-corrected chi connectivity index (χ3v) is 3.61. The highest BCUT2D eigenvalue weighted by Gasteiger charge is 2.07. The predicted octanol–water partition coefficient (Wildman–Crippen LogP) is -0.253. The molecule has 0 radical (unpaired) electrons. The number of H-pyrrole nitrogens is 1. The van der Waals surface area contributed by atoms with Crippen LogP contribution in [0.25, 0.3) is 0 Å². The number of aromatic nitrogens is 2. The van der Waals surface area contributed by atoms with Crippen molar-refractivity contribution in [3.05, 3.63) is 17.7 Å². The van der Waals surface area contributed by atoms with Crippen LogP contribution in [0.3, 0.4) is 0 Å². The number of hydrogen-bond donors (Lipinski definition) is 3. The summed E-state index contributed by atoms with van der Waals surface area (Å²) < 4.78 is 25.0. The molecule has 1 heterocycles. The smallest absolute Gasteiger partial charge is 0.212 e. The first-order valence-electron chi connectivity index (χ1n) is 5.22. The van der Waals surface area contributed by atoms with Gasteiger partial charge in [-0.25, -0.2) is 18.1 Å². The van der Waals surface area contributed by atoms with Crippen LogP contribution in [-0.2, 0) is 16.6 Å². The van der Waals surface area contributed by atoms with Gasteiger partial charge in [-0.1, -0.05) is 6.92 Å². The number of imidazole rings is 1. The fourth-order valence-corrected chi connectivity index (χ4v) is 2.27. The molecular weight excluding hydrogens is 228 g/mol. The summed E-state index contributed by atoms with van der Waals surface area (Å²) in [7, 11) is -3.12. The van der Waals surface area contributed by atoms with Gasteiger partial charge in [0.25, 0.3) is 0 Å². The van der Waals surface area contributed by atoms with Gasteiger partial charge in [-0.05, 0) is 6.92 Å². The largest absolute Gasteiger partial charge is 0.348 e. The van der Waals surface area contributed by atoms with Gasteiger partial charge in [0.15, 0.2) is 0 Å². The molecule has 16 heavy (non-hydrogen) atoms. The van der Waals surface area contributed by atoms with Crippen LogP contribution in [0.5, 0.6) is 0 Å². The molecule has 6 nitrogen and oxygen atoms in total. The molecule has 7 heteroatoms. The Balaban J connectivity index is 2.25. The topological polar surface area (TPSA) is 86.9 Å². The van der Waals surface area contributed by atoms with Gasteiger partial charge in [0.05, 0.1) is 17.8 Å². The van der Waals surface area contributed by atoms with Gasteiger partial charge in [-0.3, -0.25) is 0 Å². The van der Waals surface area contributed by atoms with Crippen LogP contribution in [0.4, 0.5) is 0 Å². The Kier molecular flexibility index (Phi) is 4.91. The van der Waals surface area contributed by atoms with Crippen molar-refractivity contribution in [1.29, 1.82) is 0 Å². The number of sulfonamides is 1. The van der Waals surface area contributed by atoms with Crippen LogP contribution < -0.4 is 10.0 Å². The molecule has 0 saturated heterocycles. The quantitative estimate of drug-likeness (QED) is 0.579. The lowest BCUT2D eigenvalue weighted by molar-refractivity contribution is 0.578. The van der Waals surface area contributed by atoms with Crippen LogP contribution in [0.15, 0.2) is 6.33 Å². The van der Waals surface area contributed by atoms with E-state index in [4.69, 9.17) is 0 Å². The molecule has 0 amide bonds. The zero-order chi connectivity index (χ0) is 12.0. The molecule has 0 aliphatic rings. The molecule has 3 N–H and O–H groups in total. The molecule has 0 spiro atoms. The number of nitrogens with one attached hydrogen (secondary N) is 3. The zero-order valence-corrected chi connectivity index (χ0v) is 10.4. The minimum atomic E-state index is -3.12. The fraction of sp³-hybridized carbons (Fsp3) is 0.667. The van der Waals surface area contributed by atoms with Gasteiger partial charge < -0.3 is 10.3 Å². The van der Waals surface area contributed by atoms with Crippen molar-refractivity contribution in [2.45, 2.75) is 20.4 Å². The highest BCUT2D eigenvalue weighted by atomic mass is 32.2. The van der Waals surface area contributed by atoms with Gasteiger partial charge in [0.1, 0.15) is 0 Å². The molecule has 1 rings (SSSR count). The summed E-state index contributed by atoms with van der Waals surface area (Å²) in [6, 6.07) is 0. The molecule has 92 valence electrons. The Hall–Kier alpha value is -0.920. The highest BCUT2D eigenvalue weighted by molar-refractivity contribution is 7.89. The highest BCUT2D eigenvalue weighted by Crippen LogP contribution is 1.98. The first kappa shape index (κ1) is 13.1. The molecule has 1 aromatic heterocycles. The van der Waals surface area contributed by atoms with Gasteiger partial charge >= 0.3 is 0 Å². The second-order valence-corrected chi connectivity index (χ2v) is 5.39. The van der Waals surface area contributed by atoms with Crippen LogP contribution in [0.1, 0.15) is 18.3 Å². The molecule has 0 aliphatic carbocycles. The van der Waals surface area contributed by atoms with E-state index in [9.17, 15) is 8.42 Å². The summed E-state index contributed by atoms with van der Waals surface area (Å²) in [6.07, 6.45) is 1.63. The Morgan fingerprint density at radius 3 is 2.81 bits per heavy atom. The van der Waals surface area contributed by atoms with Crippen LogP contribution in [0, 0.1) is 6.92 Å². The van der Waals surface area contributed by atoms with E-state index in [0.717, 1.165) is 11.4 Å². The Bertz CT molecular complexity index is 413. The van der Waals surface area contributed by atoms with Crippen molar-refractivity contribution >= 4 is 10.0 Å². The molecule has 1 aromatic rings. The van der Waals surface area contributed by atoms with Crippen molar-refractivity contribution in [3.8, 4) is 0 Å². The fourth-order valence-electron chi connectivity index (χ4n) is 1.27. The summed E-state index contributed by atoms with van der Waals surface area (Å²) >= 11 is 0. The van der Waals surface area contributed by atoms with E-state index >= 15 is 0 Å². The number of nitrogens with zero attached hydrogens (tertiary/aromatic N) is 1. The van der Waals surface area contributed by atoms with E-state index in [1.807, 2.05) is 6.92 Å². The summed E-state index contributed by atoms with van der Waals surface area (Å²) in [5.74, 6) is 0.0876. The SMILES string of the molecule is CCNS(=O)(=O)CCNCc1nc[nH]c1C. The molecule has 0 aliphatic heterocycles. The minimum absolute atomic E-state index is 0.0876. The van der Waals surface area contributed by atoms with E-state index in [1.165, 1.54) is 0 Å². The molecule has 0 unspecified atom stereocenters. The number of aromatic amines is 1. The Morgan fingerprint density at radius 2 is 2.25 bits per heavy atom. The lowest BCUT2D eigenvalue weighted by Gasteiger charge is -2.05. The molecule has 0 aromatic carbocycles. The molecule has 0 saturated carbocycles. The molecular formula is C9H18N4O2S. The average Bonchev–Trinajstić information content (AvgIpc) is 2.59. The second-order valence-electron chi connectivity index (χ2n) is 3.47. The van der Waals surface area contributed by atoms with Gasteiger partial charge in [0.2, 0.25) is 10.0 Å². The maximum atomic E-state index is 11.3. The lowest BCUT2D eigenvalue weighted by atomic mass is 10.3. The van der Waals surface area contributed by atoms with Crippen molar-refractivity contribution in [2.24, 2.45) is 0 Å². The van der Waals surface area contributed by atoms with Crippen molar-refractivity contribution in [3.63, 3.8) is 0 Å². The first-order valence-corrected chi connectivity index (χ1v) is 6.87. The summed E-state index contributed by atoms with van der Waals surface area (Å²) in [4.78, 5) is 7.07. The maximum Gasteiger partial charge on any atom is 0.212 e. The van der Waals surface area contributed by atoms with E-state index in [0.29, 0.717) is 19.6 Å². The molecule has 0 atom stereocenters. The third kappa shape index (κ3) is 4.30. The Labute approximate surface area is 95.9 Å². The standard InChI is InChI=1S/C9H18N4O2S/c1-3-13-16(14,15)5-4-10-6-9-8(2)11-7-12-9/h7,10,13H,3-6H2,1-2H3,(H,11,12). The van der Waals surface area contributed by atoms with E-state index < -0.39 is 10.0 Å². The van der Waals surface area contributed by atoms with Crippen molar-refractivity contribution < 1.29 is 8.42 Å². The molecule has 0 fully saturated rings. The Morgan fingerprint density at radius 1 is 1.50 bits per heavy atom. The normalized spacial score (nSPS) is 11.9. The van der Waals surface area contributed by atoms with E-state index in [-0.39, 0.29) is 5.75 Å². The summed E-state index contributed by atoms with van der Waals surface area (Å²) in [6.45, 7) is 5.12. The summed E-state index contributed by atoms with van der Waals surface area (Å²) in [5, 5.41) is 3.04. The van der Waals surface area contributed by atoms with Crippen LogP contribution in [0.2, 0.25) is 0 Å². The van der Waals surface area contributed by atoms with Crippen molar-refractivity contribution in [2.75, 3.05) is 18.8 Å². The number of hydrogen-bond acceptors (Lipinski definition) is 4. The molecule has 0 bridgehead atoms. The van der Waals surface area contributed by atoms with E-state index in [2.05, 4.69) is 20.0 Å². The number of aryl methyl sites for hydroxylation is 1. The van der Waals surface area contributed by atoms with Gasteiger partial charge in [-0.15, -0.1) is 0 Å². The van der Waals surface area contributed by atoms with Gasteiger partial charge in [-0.2, -0.15) is 0 Å². The monoisotopic (exact) mass is 246 g/mol. The van der Waals surface area contributed by atoms with Crippen LogP contribution >= 0.6 is 0 Å². The van der Waals surface area contributed by atoms with Crippen molar-refractivity contribution in [1.82, 2.24) is 20.0 Å². The lowest BCUT2D eigenvalue weighted by Crippen LogP contribution is -2.31. The predicted molar refractivity (Wildman–Crippen MR) is 62.5 cm³/mol. The zero-order valence-electron chi connectivity index (χ0n) is 9.58. The number of rotatable bonds is 7. The third-order valence-electron chi connectivity index (χ3n) is 2.14. The van der Waals surface area contributed by atoms with Gasteiger partial charge in [0, 0.05) is 25.3 Å². The maximum absolute atomic E-state index is 11.3. The summed E-state index contributed by atoms with van der Waals surface area (Å²) in [5.41, 5.74) is 1.92. The van der Waals surface area contributed by atoms with E-state index in [1.54, 1.807) is 13.3 Å². The second kappa shape index (κ2) is 5.97. The minimum Gasteiger partial charge on any atom is -0.348 e. The average molecular weight is 246 g/mol. The van der Waals surface area contributed by atoms with Crippen LogP contribution in [-0.4, -0.2) is 37.2 Å². The first-order chi connectivity index (χ1) is 7.55.